The van der Waals surface area contributed by atoms with E-state index in [1.807, 2.05) is 30.3 Å². The van der Waals surface area contributed by atoms with Crippen LogP contribution in [0.3, 0.4) is 0 Å². The zero-order valence-electron chi connectivity index (χ0n) is 7.36. The van der Waals surface area contributed by atoms with Crippen LogP contribution in [0.2, 0.25) is 0 Å². The minimum Gasteiger partial charge on any atom is -0.474 e. The van der Waals surface area contributed by atoms with Gasteiger partial charge in [-0.05, 0) is 5.56 Å². The zero-order chi connectivity index (χ0) is 9.97. The van der Waals surface area contributed by atoms with E-state index in [1.165, 1.54) is 0 Å². The molecule has 0 unspecified atom stereocenters. The van der Waals surface area contributed by atoms with Gasteiger partial charge in [0.05, 0.1) is 0 Å². The Kier molecular flexibility index (Phi) is 2.43. The molecule has 0 fully saturated rings. The Hall–Kier alpha value is -1.45. The summed E-state index contributed by atoms with van der Waals surface area (Å²) in [5.74, 6) is -0.446. The van der Waals surface area contributed by atoms with Crippen molar-refractivity contribution >= 4 is 5.90 Å². The lowest BCUT2D eigenvalue weighted by Gasteiger charge is -2.03. The summed E-state index contributed by atoms with van der Waals surface area (Å²) in [6.07, 6.45) is -2.61. The van der Waals surface area contributed by atoms with Crippen LogP contribution in [-0.2, 0) is 4.74 Å². The van der Waals surface area contributed by atoms with Crippen molar-refractivity contribution in [2.24, 2.45) is 4.99 Å². The standard InChI is InChI=1S/C10H9F2NO/c11-9(12)10-13-8(6-14-10)7-4-2-1-3-5-7/h1-5,8-9H,6H2/t8-/m1/s1. The highest BCUT2D eigenvalue weighted by Crippen LogP contribution is 2.24. The Bertz CT molecular complexity index is 337. The smallest absolute Gasteiger partial charge is 0.312 e. The maximum atomic E-state index is 12.2. The second kappa shape index (κ2) is 3.74. The molecule has 1 aliphatic rings. The molecule has 0 bridgehead atoms. The van der Waals surface area contributed by atoms with Crippen molar-refractivity contribution in [1.82, 2.24) is 0 Å². The van der Waals surface area contributed by atoms with Crippen molar-refractivity contribution in [2.75, 3.05) is 6.61 Å². The molecular formula is C10H9F2NO. The molecule has 1 aromatic carbocycles. The van der Waals surface area contributed by atoms with E-state index in [2.05, 4.69) is 4.99 Å². The fourth-order valence-corrected chi connectivity index (χ4v) is 1.36. The van der Waals surface area contributed by atoms with Gasteiger partial charge in [-0.1, -0.05) is 30.3 Å². The third-order valence-electron chi connectivity index (χ3n) is 2.04. The SMILES string of the molecule is FC(F)C1=N[C@@H](c2ccccc2)CO1. The summed E-state index contributed by atoms with van der Waals surface area (Å²) in [5, 5.41) is 0. The van der Waals surface area contributed by atoms with Gasteiger partial charge in [-0.15, -0.1) is 0 Å². The van der Waals surface area contributed by atoms with Gasteiger partial charge in [0.1, 0.15) is 12.6 Å². The van der Waals surface area contributed by atoms with Crippen LogP contribution in [0.1, 0.15) is 11.6 Å². The van der Waals surface area contributed by atoms with Gasteiger partial charge >= 0.3 is 6.43 Å². The lowest BCUT2D eigenvalue weighted by atomic mass is 10.1. The molecule has 0 N–H and O–H groups in total. The van der Waals surface area contributed by atoms with Crippen LogP contribution < -0.4 is 0 Å². The number of hydrogen-bond acceptors (Lipinski definition) is 2. The predicted octanol–water partition coefficient (Wildman–Crippen LogP) is 2.42. The Morgan fingerprint density at radius 1 is 1.29 bits per heavy atom. The number of halogens is 2. The summed E-state index contributed by atoms with van der Waals surface area (Å²) < 4.78 is 29.1. The van der Waals surface area contributed by atoms with E-state index in [9.17, 15) is 8.78 Å². The third-order valence-corrected chi connectivity index (χ3v) is 2.04. The Morgan fingerprint density at radius 2 is 2.00 bits per heavy atom. The van der Waals surface area contributed by atoms with Crippen molar-refractivity contribution in [2.45, 2.75) is 12.5 Å². The van der Waals surface area contributed by atoms with Crippen LogP contribution in [0.4, 0.5) is 8.78 Å². The molecule has 0 aliphatic carbocycles. The molecule has 4 heteroatoms. The Morgan fingerprint density at radius 3 is 2.57 bits per heavy atom. The first-order chi connectivity index (χ1) is 6.77. The summed E-state index contributed by atoms with van der Waals surface area (Å²) >= 11 is 0. The minimum atomic E-state index is -2.61. The Balaban J connectivity index is 2.16. The van der Waals surface area contributed by atoms with Gasteiger partial charge in [0, 0.05) is 0 Å². The van der Waals surface area contributed by atoms with Crippen LogP contribution in [0, 0.1) is 0 Å². The molecule has 0 amide bonds. The third kappa shape index (κ3) is 1.73. The zero-order valence-corrected chi connectivity index (χ0v) is 7.36. The number of benzene rings is 1. The van der Waals surface area contributed by atoms with Crippen molar-refractivity contribution in [1.29, 1.82) is 0 Å². The minimum absolute atomic E-state index is 0.212. The summed E-state index contributed by atoms with van der Waals surface area (Å²) in [5.41, 5.74) is 0.906. The van der Waals surface area contributed by atoms with Crippen molar-refractivity contribution in [3.63, 3.8) is 0 Å². The van der Waals surface area contributed by atoms with Crippen molar-refractivity contribution < 1.29 is 13.5 Å². The second-order valence-corrected chi connectivity index (χ2v) is 3.01. The number of aliphatic imine (C=N–C) groups is 1. The first kappa shape index (κ1) is 9.12. The topological polar surface area (TPSA) is 21.6 Å². The average molecular weight is 197 g/mol. The van der Waals surface area contributed by atoms with Gasteiger partial charge in [0.15, 0.2) is 0 Å². The highest BCUT2D eigenvalue weighted by molar-refractivity contribution is 5.80. The molecule has 1 aliphatic heterocycles. The van der Waals surface area contributed by atoms with Gasteiger partial charge in [-0.2, -0.15) is 8.78 Å². The second-order valence-electron chi connectivity index (χ2n) is 3.01. The molecule has 2 rings (SSSR count). The van der Waals surface area contributed by atoms with Gasteiger partial charge < -0.3 is 4.74 Å². The quantitative estimate of drug-likeness (QED) is 0.713. The molecule has 1 aromatic rings. The Labute approximate surface area is 80.2 Å². The molecule has 0 aromatic heterocycles. The molecular weight excluding hydrogens is 188 g/mol. The molecule has 14 heavy (non-hydrogen) atoms. The summed E-state index contributed by atoms with van der Waals surface area (Å²) in [6, 6.07) is 9.01. The van der Waals surface area contributed by atoms with Gasteiger partial charge in [-0.25, -0.2) is 4.99 Å². The number of rotatable bonds is 2. The molecule has 1 atom stereocenters. The summed E-state index contributed by atoms with van der Waals surface area (Å²) in [6.45, 7) is 0.212. The molecule has 0 saturated heterocycles. The average Bonchev–Trinajstić information content (AvgIpc) is 2.68. The lowest BCUT2D eigenvalue weighted by molar-refractivity contribution is 0.178. The molecule has 74 valence electrons. The molecule has 2 nitrogen and oxygen atoms in total. The number of ether oxygens (including phenoxy) is 1. The first-order valence-corrected chi connectivity index (χ1v) is 4.31. The van der Waals surface area contributed by atoms with E-state index in [0.29, 0.717) is 0 Å². The van der Waals surface area contributed by atoms with E-state index in [-0.39, 0.29) is 12.6 Å². The van der Waals surface area contributed by atoms with Gasteiger partial charge in [0.25, 0.3) is 5.90 Å². The van der Waals surface area contributed by atoms with E-state index in [1.54, 1.807) is 0 Å². The normalized spacial score (nSPS) is 20.8. The van der Waals surface area contributed by atoms with E-state index >= 15 is 0 Å². The molecule has 0 saturated carbocycles. The van der Waals surface area contributed by atoms with Crippen LogP contribution in [0.15, 0.2) is 35.3 Å². The number of hydrogen-bond donors (Lipinski definition) is 0. The van der Waals surface area contributed by atoms with Crippen molar-refractivity contribution in [3.8, 4) is 0 Å². The maximum absolute atomic E-state index is 12.2. The lowest BCUT2D eigenvalue weighted by Crippen LogP contribution is -2.09. The fourth-order valence-electron chi connectivity index (χ4n) is 1.36. The fraction of sp³-hybridized carbons (Fsp3) is 0.300. The van der Waals surface area contributed by atoms with Crippen molar-refractivity contribution in [3.05, 3.63) is 35.9 Å². The summed E-state index contributed by atoms with van der Waals surface area (Å²) in [4.78, 5) is 3.80. The number of nitrogens with zero attached hydrogens (tertiary/aromatic N) is 1. The van der Waals surface area contributed by atoms with Crippen LogP contribution in [0.5, 0.6) is 0 Å². The maximum Gasteiger partial charge on any atom is 0.312 e. The van der Waals surface area contributed by atoms with E-state index < -0.39 is 12.3 Å². The van der Waals surface area contributed by atoms with Crippen LogP contribution in [-0.4, -0.2) is 18.9 Å². The predicted molar refractivity (Wildman–Crippen MR) is 48.6 cm³/mol. The van der Waals surface area contributed by atoms with E-state index in [0.717, 1.165) is 5.56 Å². The largest absolute Gasteiger partial charge is 0.474 e. The monoisotopic (exact) mass is 197 g/mol. The molecule has 0 spiro atoms. The van der Waals surface area contributed by atoms with E-state index in [4.69, 9.17) is 4.74 Å². The van der Waals surface area contributed by atoms with Crippen LogP contribution >= 0.6 is 0 Å². The van der Waals surface area contributed by atoms with Gasteiger partial charge in [0.2, 0.25) is 0 Å². The van der Waals surface area contributed by atoms with Crippen LogP contribution in [0.25, 0.3) is 0 Å². The van der Waals surface area contributed by atoms with Gasteiger partial charge in [-0.3, -0.25) is 0 Å². The molecule has 1 heterocycles. The number of alkyl halides is 2. The first-order valence-electron chi connectivity index (χ1n) is 4.31. The molecule has 0 radical (unpaired) electrons. The highest BCUT2D eigenvalue weighted by atomic mass is 19.3. The highest BCUT2D eigenvalue weighted by Gasteiger charge is 2.26. The summed E-state index contributed by atoms with van der Waals surface area (Å²) in [7, 11) is 0.